The standard InChI is InChI=1S/C17H14N4O/c22-15(9-11-1-5-13(6-2-11)16-18-19-16)10-12-3-7-14(8-4-12)17-20-21-17/h1-8,16-17H,9-10H2. The minimum atomic E-state index is 0.0215. The van der Waals surface area contributed by atoms with Crippen LogP contribution >= 0.6 is 0 Å². The van der Waals surface area contributed by atoms with E-state index >= 15 is 0 Å². The van der Waals surface area contributed by atoms with Gasteiger partial charge in [0.1, 0.15) is 5.78 Å². The highest BCUT2D eigenvalue weighted by Gasteiger charge is 2.19. The zero-order valence-corrected chi connectivity index (χ0v) is 11.9. The van der Waals surface area contributed by atoms with Gasteiger partial charge in [0.2, 0.25) is 12.3 Å². The maximum atomic E-state index is 12.2. The summed E-state index contributed by atoms with van der Waals surface area (Å²) < 4.78 is 0. The van der Waals surface area contributed by atoms with Gasteiger partial charge in [-0.15, -0.1) is 0 Å². The smallest absolute Gasteiger partial charge is 0.206 e. The molecule has 5 nitrogen and oxygen atoms in total. The minimum absolute atomic E-state index is 0.0215. The van der Waals surface area contributed by atoms with Crippen LogP contribution < -0.4 is 0 Å². The van der Waals surface area contributed by atoms with E-state index in [9.17, 15) is 4.79 Å². The molecule has 0 saturated carbocycles. The number of hydrogen-bond donors (Lipinski definition) is 0. The molecule has 2 aromatic carbocycles. The van der Waals surface area contributed by atoms with Crippen LogP contribution in [0.5, 0.6) is 0 Å². The highest BCUT2D eigenvalue weighted by molar-refractivity contribution is 5.83. The van der Waals surface area contributed by atoms with Crippen LogP contribution in [0.4, 0.5) is 0 Å². The molecule has 0 unspecified atom stereocenters. The Kier molecular flexibility index (Phi) is 3.11. The van der Waals surface area contributed by atoms with Gasteiger partial charge in [-0.25, -0.2) is 0 Å². The highest BCUT2D eigenvalue weighted by Crippen LogP contribution is 2.31. The van der Waals surface area contributed by atoms with Gasteiger partial charge in [-0.1, -0.05) is 48.5 Å². The van der Waals surface area contributed by atoms with E-state index in [1.165, 1.54) is 0 Å². The first-order chi connectivity index (χ1) is 10.8. The number of benzene rings is 2. The molecule has 2 aromatic rings. The minimum Gasteiger partial charge on any atom is -0.299 e. The third-order valence-corrected chi connectivity index (χ3v) is 3.82. The molecule has 2 aliphatic heterocycles. The van der Waals surface area contributed by atoms with Crippen LogP contribution in [0.15, 0.2) is 69.0 Å². The van der Waals surface area contributed by atoms with E-state index in [0.29, 0.717) is 12.8 Å². The monoisotopic (exact) mass is 290 g/mol. The summed E-state index contributed by atoms with van der Waals surface area (Å²) in [5, 5.41) is 15.6. The van der Waals surface area contributed by atoms with Crippen molar-refractivity contribution < 1.29 is 4.79 Å². The van der Waals surface area contributed by atoms with Gasteiger partial charge in [0.05, 0.1) is 0 Å². The molecule has 0 aliphatic carbocycles. The fourth-order valence-corrected chi connectivity index (χ4v) is 2.47. The fraction of sp³-hybridized carbons (Fsp3) is 0.235. The molecule has 0 atom stereocenters. The first kappa shape index (κ1) is 13.0. The molecule has 0 fully saturated rings. The number of rotatable bonds is 6. The van der Waals surface area contributed by atoms with Crippen LogP contribution in [-0.2, 0) is 17.6 Å². The molecule has 4 rings (SSSR count). The number of hydrogen-bond acceptors (Lipinski definition) is 5. The molecule has 5 heteroatoms. The maximum absolute atomic E-state index is 12.2. The Bertz CT molecular complexity index is 685. The van der Waals surface area contributed by atoms with Crippen LogP contribution in [0, 0.1) is 0 Å². The van der Waals surface area contributed by atoms with Gasteiger partial charge < -0.3 is 0 Å². The van der Waals surface area contributed by atoms with Gasteiger partial charge in [-0.05, 0) is 11.1 Å². The van der Waals surface area contributed by atoms with Crippen LogP contribution in [-0.4, -0.2) is 5.78 Å². The third-order valence-electron chi connectivity index (χ3n) is 3.82. The summed E-state index contributed by atoms with van der Waals surface area (Å²) in [6.45, 7) is 0. The van der Waals surface area contributed by atoms with Crippen molar-refractivity contribution in [2.24, 2.45) is 20.5 Å². The van der Waals surface area contributed by atoms with Gasteiger partial charge in [-0.3, -0.25) is 4.79 Å². The van der Waals surface area contributed by atoms with E-state index in [4.69, 9.17) is 0 Å². The lowest BCUT2D eigenvalue weighted by molar-refractivity contribution is -0.117. The van der Waals surface area contributed by atoms with Gasteiger partial charge in [0.25, 0.3) is 0 Å². The van der Waals surface area contributed by atoms with Gasteiger partial charge in [0, 0.05) is 24.0 Å². The second-order valence-electron chi connectivity index (χ2n) is 5.58. The van der Waals surface area contributed by atoms with E-state index in [2.05, 4.69) is 20.5 Å². The van der Waals surface area contributed by atoms with Crippen molar-refractivity contribution in [3.05, 3.63) is 70.8 Å². The molecule has 0 aromatic heterocycles. The molecular weight excluding hydrogens is 276 g/mol. The molecule has 2 heterocycles. The molecule has 0 saturated heterocycles. The molecule has 0 N–H and O–H groups in total. The van der Waals surface area contributed by atoms with Crippen molar-refractivity contribution in [3.8, 4) is 0 Å². The molecule has 22 heavy (non-hydrogen) atoms. The average molecular weight is 290 g/mol. The van der Waals surface area contributed by atoms with Crippen molar-refractivity contribution in [2.45, 2.75) is 25.2 Å². The van der Waals surface area contributed by atoms with E-state index in [1.807, 2.05) is 48.5 Å². The van der Waals surface area contributed by atoms with Crippen LogP contribution in [0.3, 0.4) is 0 Å². The highest BCUT2D eigenvalue weighted by atomic mass is 16.1. The summed E-state index contributed by atoms with van der Waals surface area (Å²) in [6, 6.07) is 15.9. The molecule has 0 bridgehead atoms. The zero-order valence-electron chi connectivity index (χ0n) is 11.9. The summed E-state index contributed by atoms with van der Waals surface area (Å²) in [5.74, 6) is 0.210. The first-order valence-corrected chi connectivity index (χ1v) is 7.27. The molecule has 2 aliphatic rings. The predicted octanol–water partition coefficient (Wildman–Crippen LogP) is 3.97. The Morgan fingerprint density at radius 3 is 1.36 bits per heavy atom. The predicted molar refractivity (Wildman–Crippen MR) is 80.5 cm³/mol. The number of Topliss-reactive ketones (excluding diaryl/α,β-unsaturated/α-hetero) is 1. The summed E-state index contributed by atoms with van der Waals surface area (Å²) >= 11 is 0. The molecule has 0 radical (unpaired) electrons. The zero-order chi connectivity index (χ0) is 14.9. The van der Waals surface area contributed by atoms with Gasteiger partial charge >= 0.3 is 0 Å². The van der Waals surface area contributed by atoms with Crippen molar-refractivity contribution in [1.82, 2.24) is 0 Å². The average Bonchev–Trinajstić information content (AvgIpc) is 3.40. The van der Waals surface area contributed by atoms with E-state index in [0.717, 1.165) is 22.3 Å². The van der Waals surface area contributed by atoms with E-state index < -0.39 is 0 Å². The van der Waals surface area contributed by atoms with Crippen molar-refractivity contribution in [2.75, 3.05) is 0 Å². The maximum Gasteiger partial charge on any atom is 0.206 e. The number of ketones is 1. The summed E-state index contributed by atoms with van der Waals surface area (Å²) in [5.41, 5.74) is 4.23. The second kappa shape index (κ2) is 5.26. The van der Waals surface area contributed by atoms with Crippen molar-refractivity contribution in [1.29, 1.82) is 0 Å². The Hall–Kier alpha value is -2.69. The van der Waals surface area contributed by atoms with E-state index in [-0.39, 0.29) is 18.1 Å². The van der Waals surface area contributed by atoms with E-state index in [1.54, 1.807) is 0 Å². The lowest BCUT2D eigenvalue weighted by Gasteiger charge is -2.04. The number of carbonyl (C=O) groups is 1. The quantitative estimate of drug-likeness (QED) is 0.793. The summed E-state index contributed by atoms with van der Waals surface area (Å²) in [6.07, 6.45) is 0.948. The van der Waals surface area contributed by atoms with Crippen LogP contribution in [0.25, 0.3) is 0 Å². The molecule has 0 spiro atoms. The topological polar surface area (TPSA) is 66.5 Å². The molecule has 108 valence electrons. The normalized spacial score (nSPS) is 16.0. The largest absolute Gasteiger partial charge is 0.299 e. The Morgan fingerprint density at radius 1 is 0.682 bits per heavy atom. The Balaban J connectivity index is 1.34. The van der Waals surface area contributed by atoms with Crippen molar-refractivity contribution >= 4 is 5.78 Å². The van der Waals surface area contributed by atoms with Gasteiger partial charge in [0.15, 0.2) is 0 Å². The second-order valence-corrected chi connectivity index (χ2v) is 5.58. The molecule has 0 amide bonds. The van der Waals surface area contributed by atoms with Crippen molar-refractivity contribution in [3.63, 3.8) is 0 Å². The summed E-state index contributed by atoms with van der Waals surface area (Å²) in [4.78, 5) is 12.2. The number of nitrogens with zero attached hydrogens (tertiary/aromatic N) is 4. The molecular formula is C17H14N4O. The Labute approximate surface area is 127 Å². The SMILES string of the molecule is O=C(Cc1ccc(C2N=N2)cc1)Cc1ccc(C2N=N2)cc1. The lowest BCUT2D eigenvalue weighted by Crippen LogP contribution is -2.06. The third kappa shape index (κ3) is 2.98. The number of carbonyl (C=O) groups excluding carboxylic acids is 1. The summed E-state index contributed by atoms with van der Waals surface area (Å²) in [7, 11) is 0. The van der Waals surface area contributed by atoms with Gasteiger partial charge in [-0.2, -0.15) is 20.5 Å². The fourth-order valence-electron chi connectivity index (χ4n) is 2.47. The van der Waals surface area contributed by atoms with Crippen LogP contribution in [0.2, 0.25) is 0 Å². The van der Waals surface area contributed by atoms with Crippen LogP contribution in [0.1, 0.15) is 34.6 Å². The first-order valence-electron chi connectivity index (χ1n) is 7.27. The lowest BCUT2D eigenvalue weighted by atomic mass is 10.0. The Morgan fingerprint density at radius 2 is 1.05 bits per heavy atom.